The van der Waals surface area contributed by atoms with Crippen LogP contribution in [0.1, 0.15) is 17.1 Å². The molecule has 0 aliphatic rings. The molecule has 0 saturated carbocycles. The molecule has 0 radical (unpaired) electrons. The van der Waals surface area contributed by atoms with Crippen molar-refractivity contribution in [2.75, 3.05) is 7.11 Å². The highest BCUT2D eigenvalue weighted by atomic mass is 32.1. The zero-order chi connectivity index (χ0) is 15.4. The lowest BCUT2D eigenvalue weighted by atomic mass is 10.1. The standard InChI is InChI=1S/C15H14N4O2S/c1-10-9-13(22-19-10)21-12-6-4-3-5-11(12)14(18-20-2)15-16-7-8-17-15/h3-9H,1-2H3,(H,16,17). The van der Waals surface area contributed by atoms with E-state index in [4.69, 9.17) is 9.57 Å². The number of rotatable bonds is 5. The van der Waals surface area contributed by atoms with Gasteiger partial charge in [0, 0.05) is 30.0 Å². The fraction of sp³-hybridized carbons (Fsp3) is 0.133. The fourth-order valence-corrected chi connectivity index (χ4v) is 2.59. The summed E-state index contributed by atoms with van der Waals surface area (Å²) in [5.41, 5.74) is 2.28. The summed E-state index contributed by atoms with van der Waals surface area (Å²) in [5.74, 6) is 1.27. The van der Waals surface area contributed by atoms with E-state index in [2.05, 4.69) is 19.5 Å². The van der Waals surface area contributed by atoms with Crippen molar-refractivity contribution in [2.45, 2.75) is 6.92 Å². The van der Waals surface area contributed by atoms with E-state index in [9.17, 15) is 0 Å². The van der Waals surface area contributed by atoms with Crippen LogP contribution in [-0.4, -0.2) is 27.2 Å². The van der Waals surface area contributed by atoms with Crippen molar-refractivity contribution in [3.63, 3.8) is 0 Å². The first kappa shape index (κ1) is 14.3. The molecule has 7 heteroatoms. The Morgan fingerprint density at radius 3 is 2.86 bits per heavy atom. The first-order valence-electron chi connectivity index (χ1n) is 6.59. The molecule has 0 atom stereocenters. The first-order valence-corrected chi connectivity index (χ1v) is 7.36. The SMILES string of the molecule is CON=C(c1ncc[nH]1)c1ccccc1Oc1cc(C)ns1. The molecule has 0 aliphatic heterocycles. The van der Waals surface area contributed by atoms with Crippen LogP contribution in [0.25, 0.3) is 0 Å². The van der Waals surface area contributed by atoms with Gasteiger partial charge < -0.3 is 14.6 Å². The van der Waals surface area contributed by atoms with Crippen LogP contribution in [0.4, 0.5) is 0 Å². The Bertz CT molecular complexity index is 780. The van der Waals surface area contributed by atoms with Gasteiger partial charge in [-0.05, 0) is 19.1 Å². The smallest absolute Gasteiger partial charge is 0.200 e. The molecule has 0 aliphatic carbocycles. The third-order valence-corrected chi connectivity index (χ3v) is 3.62. The van der Waals surface area contributed by atoms with Crippen molar-refractivity contribution in [3.05, 3.63) is 59.8 Å². The average Bonchev–Trinajstić information content (AvgIpc) is 3.18. The highest BCUT2D eigenvalue weighted by Crippen LogP contribution is 2.30. The minimum Gasteiger partial charge on any atom is -0.444 e. The van der Waals surface area contributed by atoms with E-state index in [0.29, 0.717) is 17.3 Å². The molecule has 112 valence electrons. The number of aromatic nitrogens is 3. The van der Waals surface area contributed by atoms with Crippen molar-refractivity contribution in [1.82, 2.24) is 14.3 Å². The minimum absolute atomic E-state index is 0.573. The number of aromatic amines is 1. The number of aryl methyl sites for hydroxylation is 1. The van der Waals surface area contributed by atoms with Gasteiger partial charge in [0.25, 0.3) is 0 Å². The number of H-pyrrole nitrogens is 1. The number of hydrogen-bond acceptors (Lipinski definition) is 6. The zero-order valence-electron chi connectivity index (χ0n) is 12.1. The molecule has 0 unspecified atom stereocenters. The number of benzene rings is 1. The summed E-state index contributed by atoms with van der Waals surface area (Å²) in [5, 5.41) is 4.80. The predicted molar refractivity (Wildman–Crippen MR) is 84.6 cm³/mol. The van der Waals surface area contributed by atoms with E-state index >= 15 is 0 Å². The molecule has 1 N–H and O–H groups in total. The molecule has 0 amide bonds. The molecule has 2 aromatic heterocycles. The van der Waals surface area contributed by atoms with Crippen LogP contribution in [-0.2, 0) is 4.84 Å². The molecule has 0 saturated heterocycles. The lowest BCUT2D eigenvalue weighted by molar-refractivity contribution is 0.213. The van der Waals surface area contributed by atoms with Gasteiger partial charge in [-0.1, -0.05) is 17.3 Å². The van der Waals surface area contributed by atoms with Crippen LogP contribution in [0.2, 0.25) is 0 Å². The number of imidazole rings is 1. The molecule has 1 aromatic carbocycles. The van der Waals surface area contributed by atoms with Gasteiger partial charge in [0.2, 0.25) is 0 Å². The van der Waals surface area contributed by atoms with Crippen LogP contribution in [0.5, 0.6) is 10.8 Å². The summed E-state index contributed by atoms with van der Waals surface area (Å²) in [6, 6.07) is 9.48. The molecule has 0 fully saturated rings. The summed E-state index contributed by atoms with van der Waals surface area (Å²) in [6.07, 6.45) is 3.40. The Morgan fingerprint density at radius 1 is 1.32 bits per heavy atom. The van der Waals surface area contributed by atoms with E-state index in [1.807, 2.05) is 37.3 Å². The summed E-state index contributed by atoms with van der Waals surface area (Å²) < 4.78 is 10.2. The second-order valence-electron chi connectivity index (χ2n) is 4.45. The third-order valence-electron chi connectivity index (χ3n) is 2.86. The maximum absolute atomic E-state index is 5.93. The molecule has 6 nitrogen and oxygen atoms in total. The zero-order valence-corrected chi connectivity index (χ0v) is 12.9. The maximum Gasteiger partial charge on any atom is 0.200 e. The van der Waals surface area contributed by atoms with Crippen LogP contribution in [0.3, 0.4) is 0 Å². The topological polar surface area (TPSA) is 72.4 Å². The molecule has 3 rings (SSSR count). The maximum atomic E-state index is 5.93. The monoisotopic (exact) mass is 314 g/mol. The molecule has 3 aromatic rings. The Hall–Kier alpha value is -2.67. The van der Waals surface area contributed by atoms with Gasteiger partial charge in [0.05, 0.1) is 11.3 Å². The second kappa shape index (κ2) is 6.40. The number of hydrogen-bond donors (Lipinski definition) is 1. The van der Waals surface area contributed by atoms with Crippen LogP contribution in [0.15, 0.2) is 47.9 Å². The van der Waals surface area contributed by atoms with Crippen LogP contribution < -0.4 is 4.74 Å². The molecule has 0 spiro atoms. The van der Waals surface area contributed by atoms with Crippen molar-refractivity contribution in [3.8, 4) is 10.8 Å². The number of oxime groups is 1. The highest BCUT2D eigenvalue weighted by molar-refractivity contribution is 7.07. The van der Waals surface area contributed by atoms with E-state index < -0.39 is 0 Å². The van der Waals surface area contributed by atoms with E-state index in [-0.39, 0.29) is 0 Å². The van der Waals surface area contributed by atoms with Gasteiger partial charge in [-0.15, -0.1) is 0 Å². The molecular formula is C15H14N4O2S. The Labute approximate surface area is 131 Å². The Kier molecular flexibility index (Phi) is 4.15. The normalized spacial score (nSPS) is 11.5. The quantitative estimate of drug-likeness (QED) is 0.579. The van der Waals surface area contributed by atoms with E-state index in [0.717, 1.165) is 16.3 Å². The summed E-state index contributed by atoms with van der Waals surface area (Å²) >= 11 is 1.31. The van der Waals surface area contributed by atoms with Gasteiger partial charge in [0.15, 0.2) is 16.6 Å². The van der Waals surface area contributed by atoms with Crippen molar-refractivity contribution >= 4 is 17.2 Å². The van der Waals surface area contributed by atoms with Crippen molar-refractivity contribution in [1.29, 1.82) is 0 Å². The number of nitrogens with zero attached hydrogens (tertiary/aromatic N) is 3. The predicted octanol–water partition coefficient (Wildman–Crippen LogP) is 3.37. The molecule has 0 bridgehead atoms. The molecular weight excluding hydrogens is 300 g/mol. The van der Waals surface area contributed by atoms with Gasteiger partial charge in [-0.3, -0.25) is 0 Å². The highest BCUT2D eigenvalue weighted by Gasteiger charge is 2.16. The third kappa shape index (κ3) is 2.99. The van der Waals surface area contributed by atoms with E-state index in [1.165, 1.54) is 18.6 Å². The van der Waals surface area contributed by atoms with Crippen LogP contribution in [0, 0.1) is 6.92 Å². The molecule has 2 heterocycles. The first-order chi connectivity index (χ1) is 10.8. The Morgan fingerprint density at radius 2 is 2.18 bits per heavy atom. The summed E-state index contributed by atoms with van der Waals surface area (Å²) in [4.78, 5) is 12.2. The number of ether oxygens (including phenoxy) is 1. The lowest BCUT2D eigenvalue weighted by Crippen LogP contribution is -2.08. The van der Waals surface area contributed by atoms with E-state index in [1.54, 1.807) is 12.4 Å². The van der Waals surface area contributed by atoms with Crippen molar-refractivity contribution < 1.29 is 9.57 Å². The summed E-state index contributed by atoms with van der Waals surface area (Å²) in [7, 11) is 1.50. The van der Waals surface area contributed by atoms with Gasteiger partial charge in [-0.2, -0.15) is 4.37 Å². The lowest BCUT2D eigenvalue weighted by Gasteiger charge is -2.09. The number of nitrogens with one attached hydrogen (secondary N) is 1. The second-order valence-corrected chi connectivity index (χ2v) is 5.21. The fourth-order valence-electron chi connectivity index (χ4n) is 1.95. The number of para-hydroxylation sites is 1. The largest absolute Gasteiger partial charge is 0.444 e. The van der Waals surface area contributed by atoms with Crippen LogP contribution >= 0.6 is 11.5 Å². The van der Waals surface area contributed by atoms with Gasteiger partial charge in [0.1, 0.15) is 12.9 Å². The molecule has 22 heavy (non-hydrogen) atoms. The Balaban J connectivity index is 2.01. The van der Waals surface area contributed by atoms with Gasteiger partial charge >= 0.3 is 0 Å². The summed E-state index contributed by atoms with van der Waals surface area (Å²) in [6.45, 7) is 1.93. The van der Waals surface area contributed by atoms with Gasteiger partial charge in [-0.25, -0.2) is 4.98 Å². The van der Waals surface area contributed by atoms with Crippen molar-refractivity contribution in [2.24, 2.45) is 5.16 Å². The average molecular weight is 314 g/mol. The minimum atomic E-state index is 0.573.